The molecule has 0 aliphatic heterocycles. The van der Waals surface area contributed by atoms with E-state index < -0.39 is 22.0 Å². The standard InChI is InChI=1S/C18H13N3O5/c22-17-16(21(24)25)18(23)20-15(19-17)10-9-12-5-4-8-14(11-12)26-13-6-2-1-3-7-13/h1-11H,(H2,19,20,22,23). The van der Waals surface area contributed by atoms with E-state index in [2.05, 4.69) is 9.97 Å². The zero-order chi connectivity index (χ0) is 18.5. The maximum atomic E-state index is 11.6. The molecule has 3 aromatic rings. The van der Waals surface area contributed by atoms with Crippen LogP contribution in [0, 0.1) is 10.1 Å². The number of ether oxygens (including phenoxy) is 1. The molecule has 3 rings (SSSR count). The van der Waals surface area contributed by atoms with E-state index in [4.69, 9.17) is 4.74 Å². The van der Waals surface area contributed by atoms with Crippen LogP contribution in [0.5, 0.6) is 17.4 Å². The largest absolute Gasteiger partial charge is 0.488 e. The van der Waals surface area contributed by atoms with Crippen molar-refractivity contribution in [3.05, 3.63) is 86.5 Å². The molecule has 2 aromatic carbocycles. The second-order valence-corrected chi connectivity index (χ2v) is 5.20. The van der Waals surface area contributed by atoms with Crippen LogP contribution in [0.2, 0.25) is 0 Å². The fourth-order valence-corrected chi connectivity index (χ4v) is 2.20. The smallest absolute Gasteiger partial charge is 0.395 e. The highest BCUT2D eigenvalue weighted by Crippen LogP contribution is 2.23. The number of benzene rings is 2. The maximum Gasteiger partial charge on any atom is 0.395 e. The molecule has 26 heavy (non-hydrogen) atoms. The molecule has 0 unspecified atom stereocenters. The van der Waals surface area contributed by atoms with Crippen molar-refractivity contribution in [3.63, 3.8) is 0 Å². The molecule has 8 nitrogen and oxygen atoms in total. The third-order valence-corrected chi connectivity index (χ3v) is 3.35. The lowest BCUT2D eigenvalue weighted by Gasteiger charge is -2.05. The number of hydrogen-bond acceptors (Lipinski definition) is 6. The number of nitro groups is 1. The summed E-state index contributed by atoms with van der Waals surface area (Å²) in [5, 5.41) is 20.2. The van der Waals surface area contributed by atoms with Gasteiger partial charge in [0.25, 0.3) is 5.88 Å². The molecule has 2 N–H and O–H groups in total. The Hall–Kier alpha value is -3.94. The Bertz CT molecular complexity index is 1030. The SMILES string of the molecule is O=c1[nH]c(C=Cc2cccc(Oc3ccccc3)c2)nc(O)c1[N+](=O)[O-]. The molecule has 8 heteroatoms. The average molecular weight is 351 g/mol. The van der Waals surface area contributed by atoms with Crippen molar-refractivity contribution in [2.24, 2.45) is 0 Å². The summed E-state index contributed by atoms with van der Waals surface area (Å²) in [6, 6.07) is 16.4. The molecule has 0 atom stereocenters. The van der Waals surface area contributed by atoms with Gasteiger partial charge < -0.3 is 14.8 Å². The van der Waals surface area contributed by atoms with E-state index in [-0.39, 0.29) is 5.82 Å². The molecule has 0 saturated heterocycles. The van der Waals surface area contributed by atoms with E-state index in [1.807, 2.05) is 30.3 Å². The van der Waals surface area contributed by atoms with Crippen molar-refractivity contribution in [3.8, 4) is 17.4 Å². The maximum absolute atomic E-state index is 11.6. The van der Waals surface area contributed by atoms with E-state index >= 15 is 0 Å². The lowest BCUT2D eigenvalue weighted by atomic mass is 10.2. The normalized spacial score (nSPS) is 10.8. The molecule has 0 bridgehead atoms. The van der Waals surface area contributed by atoms with Crippen molar-refractivity contribution in [1.29, 1.82) is 0 Å². The molecule has 0 aliphatic carbocycles. The Morgan fingerprint density at radius 2 is 1.81 bits per heavy atom. The van der Waals surface area contributed by atoms with Crippen LogP contribution in [0.15, 0.2) is 59.4 Å². The van der Waals surface area contributed by atoms with Gasteiger partial charge in [-0.3, -0.25) is 14.9 Å². The summed E-state index contributed by atoms with van der Waals surface area (Å²) < 4.78 is 5.73. The number of para-hydroxylation sites is 1. The Morgan fingerprint density at radius 3 is 2.50 bits per heavy atom. The van der Waals surface area contributed by atoms with Gasteiger partial charge in [0.1, 0.15) is 17.3 Å². The number of aromatic nitrogens is 2. The molecule has 0 aliphatic rings. The van der Waals surface area contributed by atoms with E-state index in [1.54, 1.807) is 30.3 Å². The van der Waals surface area contributed by atoms with Crippen LogP contribution in [-0.2, 0) is 0 Å². The fraction of sp³-hybridized carbons (Fsp3) is 0. The topological polar surface area (TPSA) is 118 Å². The zero-order valence-corrected chi connectivity index (χ0v) is 13.3. The first-order valence-corrected chi connectivity index (χ1v) is 7.51. The van der Waals surface area contributed by atoms with Gasteiger partial charge >= 0.3 is 11.2 Å². The molecule has 1 heterocycles. The molecule has 0 saturated carbocycles. The summed E-state index contributed by atoms with van der Waals surface area (Å²) in [4.78, 5) is 27.1. The van der Waals surface area contributed by atoms with Crippen LogP contribution in [0.25, 0.3) is 12.2 Å². The Labute approximate surface area is 147 Å². The second kappa shape index (κ2) is 7.31. The van der Waals surface area contributed by atoms with Gasteiger partial charge in [-0.25, -0.2) is 0 Å². The lowest BCUT2D eigenvalue weighted by Crippen LogP contribution is -2.14. The molecule has 130 valence electrons. The van der Waals surface area contributed by atoms with Gasteiger partial charge in [-0.05, 0) is 35.9 Å². The van der Waals surface area contributed by atoms with Crippen LogP contribution in [0.3, 0.4) is 0 Å². The summed E-state index contributed by atoms with van der Waals surface area (Å²) >= 11 is 0. The monoisotopic (exact) mass is 351 g/mol. The molecule has 0 amide bonds. The predicted molar refractivity (Wildman–Crippen MR) is 95.1 cm³/mol. The highest BCUT2D eigenvalue weighted by Gasteiger charge is 2.21. The quantitative estimate of drug-likeness (QED) is 0.537. The van der Waals surface area contributed by atoms with Crippen molar-refractivity contribution in [2.75, 3.05) is 0 Å². The Morgan fingerprint density at radius 1 is 1.08 bits per heavy atom. The van der Waals surface area contributed by atoms with E-state index in [9.17, 15) is 20.0 Å². The number of nitrogens with zero attached hydrogens (tertiary/aromatic N) is 2. The minimum atomic E-state index is -1.02. The van der Waals surface area contributed by atoms with Crippen LogP contribution < -0.4 is 10.3 Å². The van der Waals surface area contributed by atoms with Gasteiger partial charge in [-0.2, -0.15) is 4.98 Å². The summed E-state index contributed by atoms with van der Waals surface area (Å²) in [6.07, 6.45) is 3.05. The zero-order valence-electron chi connectivity index (χ0n) is 13.3. The van der Waals surface area contributed by atoms with Crippen LogP contribution in [0.4, 0.5) is 5.69 Å². The third kappa shape index (κ3) is 3.93. The van der Waals surface area contributed by atoms with Crippen molar-refractivity contribution < 1.29 is 14.8 Å². The number of nitrogens with one attached hydrogen (secondary N) is 1. The predicted octanol–water partition coefficient (Wildman–Crippen LogP) is 3.35. The molecular weight excluding hydrogens is 338 g/mol. The van der Waals surface area contributed by atoms with Gasteiger partial charge in [0.15, 0.2) is 0 Å². The number of aromatic amines is 1. The first-order valence-electron chi connectivity index (χ1n) is 7.51. The number of aromatic hydroxyl groups is 1. The number of H-pyrrole nitrogens is 1. The van der Waals surface area contributed by atoms with Crippen molar-refractivity contribution in [2.45, 2.75) is 0 Å². The van der Waals surface area contributed by atoms with Crippen LogP contribution >= 0.6 is 0 Å². The Balaban J connectivity index is 1.82. The number of rotatable bonds is 5. The van der Waals surface area contributed by atoms with E-state index in [0.29, 0.717) is 11.5 Å². The summed E-state index contributed by atoms with van der Waals surface area (Å²) in [6.45, 7) is 0. The van der Waals surface area contributed by atoms with Crippen LogP contribution in [0.1, 0.15) is 11.4 Å². The summed E-state index contributed by atoms with van der Waals surface area (Å²) in [5.74, 6) is 0.373. The minimum absolute atomic E-state index is 0.00696. The van der Waals surface area contributed by atoms with Gasteiger partial charge in [-0.15, -0.1) is 0 Å². The van der Waals surface area contributed by atoms with E-state index in [0.717, 1.165) is 5.56 Å². The number of hydrogen-bond donors (Lipinski definition) is 2. The lowest BCUT2D eigenvalue weighted by molar-refractivity contribution is -0.387. The first-order chi connectivity index (χ1) is 12.5. The molecule has 1 aromatic heterocycles. The van der Waals surface area contributed by atoms with Crippen LogP contribution in [-0.4, -0.2) is 20.0 Å². The highest BCUT2D eigenvalue weighted by molar-refractivity contribution is 5.67. The second-order valence-electron chi connectivity index (χ2n) is 5.20. The highest BCUT2D eigenvalue weighted by atomic mass is 16.6. The molecular formula is C18H13N3O5. The molecule has 0 fully saturated rings. The van der Waals surface area contributed by atoms with Crippen molar-refractivity contribution in [1.82, 2.24) is 9.97 Å². The summed E-state index contributed by atoms with van der Waals surface area (Å²) in [7, 11) is 0. The third-order valence-electron chi connectivity index (χ3n) is 3.35. The average Bonchev–Trinajstić information content (AvgIpc) is 2.60. The summed E-state index contributed by atoms with van der Waals surface area (Å²) in [5.41, 5.74) is -1.26. The van der Waals surface area contributed by atoms with Gasteiger partial charge in [-0.1, -0.05) is 36.4 Å². The van der Waals surface area contributed by atoms with Gasteiger partial charge in [0.2, 0.25) is 0 Å². The Kier molecular flexibility index (Phi) is 4.75. The first kappa shape index (κ1) is 16.9. The fourth-order valence-electron chi connectivity index (χ4n) is 2.20. The molecule has 0 spiro atoms. The minimum Gasteiger partial charge on any atom is -0.488 e. The van der Waals surface area contributed by atoms with Gasteiger partial charge in [0, 0.05) is 0 Å². The van der Waals surface area contributed by atoms with Crippen molar-refractivity contribution >= 4 is 17.8 Å². The van der Waals surface area contributed by atoms with Gasteiger partial charge in [0.05, 0.1) is 4.92 Å². The van der Waals surface area contributed by atoms with E-state index in [1.165, 1.54) is 6.08 Å². The molecule has 0 radical (unpaired) electrons.